The fourth-order valence-corrected chi connectivity index (χ4v) is 1.48. The molecule has 0 unspecified atom stereocenters. The molecule has 3 heteroatoms. The standard InChI is InChI=1S/C10H10FNO.C2H6/c1-12-4-3-7-5-8(13-2)6-9(11)10(7)12;1-2/h3-6H,1-2H3;1-2H3. The number of hydrogen-bond donors (Lipinski definition) is 0. The summed E-state index contributed by atoms with van der Waals surface area (Å²) < 4.78 is 20.1. The summed E-state index contributed by atoms with van der Waals surface area (Å²) in [6.45, 7) is 4.00. The predicted octanol–water partition coefficient (Wildman–Crippen LogP) is 3.35. The van der Waals surface area contributed by atoms with Gasteiger partial charge in [0.25, 0.3) is 0 Å². The van der Waals surface area contributed by atoms with Crippen LogP contribution in [0.5, 0.6) is 5.75 Å². The van der Waals surface area contributed by atoms with Gasteiger partial charge in [-0.1, -0.05) is 13.8 Å². The van der Waals surface area contributed by atoms with Crippen molar-refractivity contribution in [3.63, 3.8) is 0 Å². The van der Waals surface area contributed by atoms with Crippen LogP contribution in [0, 0.1) is 5.82 Å². The van der Waals surface area contributed by atoms with E-state index in [0.717, 1.165) is 5.39 Å². The van der Waals surface area contributed by atoms with E-state index in [0.29, 0.717) is 11.3 Å². The van der Waals surface area contributed by atoms with E-state index in [9.17, 15) is 4.39 Å². The molecule has 1 heterocycles. The van der Waals surface area contributed by atoms with E-state index in [1.165, 1.54) is 13.2 Å². The lowest BCUT2D eigenvalue weighted by molar-refractivity contribution is 0.412. The highest BCUT2D eigenvalue weighted by atomic mass is 19.1. The molecule has 0 saturated heterocycles. The predicted molar refractivity (Wildman–Crippen MR) is 60.8 cm³/mol. The summed E-state index contributed by atoms with van der Waals surface area (Å²) in [6.07, 6.45) is 1.83. The molecule has 0 atom stereocenters. The van der Waals surface area contributed by atoms with Crippen LogP contribution in [-0.4, -0.2) is 11.7 Å². The quantitative estimate of drug-likeness (QED) is 0.702. The number of hydrogen-bond acceptors (Lipinski definition) is 1. The average Bonchev–Trinajstić information content (AvgIpc) is 2.63. The number of fused-ring (bicyclic) bond motifs is 1. The molecule has 0 radical (unpaired) electrons. The first kappa shape index (κ1) is 11.6. The van der Waals surface area contributed by atoms with E-state index in [4.69, 9.17) is 4.74 Å². The lowest BCUT2D eigenvalue weighted by Gasteiger charge is -2.02. The Morgan fingerprint density at radius 1 is 1.27 bits per heavy atom. The van der Waals surface area contributed by atoms with Crippen molar-refractivity contribution >= 4 is 10.9 Å². The zero-order valence-corrected chi connectivity index (χ0v) is 9.54. The zero-order valence-electron chi connectivity index (χ0n) is 9.54. The fourth-order valence-electron chi connectivity index (χ4n) is 1.48. The van der Waals surface area contributed by atoms with E-state index in [1.54, 1.807) is 4.57 Å². The Labute approximate surface area is 89.3 Å². The van der Waals surface area contributed by atoms with Gasteiger partial charge in [-0.15, -0.1) is 0 Å². The van der Waals surface area contributed by atoms with Crippen LogP contribution in [0.3, 0.4) is 0 Å². The molecule has 2 aromatic rings. The van der Waals surface area contributed by atoms with E-state index in [1.807, 2.05) is 39.2 Å². The molecule has 82 valence electrons. The Morgan fingerprint density at radius 2 is 1.93 bits per heavy atom. The van der Waals surface area contributed by atoms with Gasteiger partial charge in [0.1, 0.15) is 5.75 Å². The molecule has 1 aromatic heterocycles. The summed E-state index contributed by atoms with van der Waals surface area (Å²) in [5.74, 6) is 0.304. The third kappa shape index (κ3) is 2.12. The molecule has 0 amide bonds. The van der Waals surface area contributed by atoms with E-state index >= 15 is 0 Å². The van der Waals surface area contributed by atoms with Gasteiger partial charge in [0.15, 0.2) is 5.82 Å². The molecule has 1 aromatic carbocycles. The van der Waals surface area contributed by atoms with Gasteiger partial charge < -0.3 is 9.30 Å². The summed E-state index contributed by atoms with van der Waals surface area (Å²) in [5, 5.41) is 0.861. The number of nitrogens with zero attached hydrogens (tertiary/aromatic N) is 1. The molecule has 15 heavy (non-hydrogen) atoms. The minimum absolute atomic E-state index is 0.248. The van der Waals surface area contributed by atoms with Gasteiger partial charge in [0, 0.05) is 24.7 Å². The van der Waals surface area contributed by atoms with Crippen molar-refractivity contribution in [1.82, 2.24) is 4.57 Å². The number of ether oxygens (including phenoxy) is 1. The number of halogens is 1. The monoisotopic (exact) mass is 209 g/mol. The largest absolute Gasteiger partial charge is 0.497 e. The fraction of sp³-hybridized carbons (Fsp3) is 0.333. The summed E-state index contributed by atoms with van der Waals surface area (Å²) in [4.78, 5) is 0. The van der Waals surface area contributed by atoms with Gasteiger partial charge in [-0.05, 0) is 12.1 Å². The van der Waals surface area contributed by atoms with Crippen LogP contribution in [0.25, 0.3) is 10.9 Å². The van der Waals surface area contributed by atoms with Crippen molar-refractivity contribution < 1.29 is 9.13 Å². The van der Waals surface area contributed by atoms with Crippen LogP contribution in [0.1, 0.15) is 13.8 Å². The van der Waals surface area contributed by atoms with Crippen LogP contribution in [0.4, 0.5) is 4.39 Å². The van der Waals surface area contributed by atoms with E-state index < -0.39 is 0 Å². The first-order valence-electron chi connectivity index (χ1n) is 5.01. The second-order valence-corrected chi connectivity index (χ2v) is 2.97. The number of methoxy groups -OCH3 is 1. The molecule has 0 bridgehead atoms. The third-order valence-corrected chi connectivity index (χ3v) is 2.13. The summed E-state index contributed by atoms with van der Waals surface area (Å²) >= 11 is 0. The highest BCUT2D eigenvalue weighted by Gasteiger charge is 2.06. The number of rotatable bonds is 1. The van der Waals surface area contributed by atoms with E-state index in [2.05, 4.69) is 0 Å². The molecule has 0 fully saturated rings. The number of benzene rings is 1. The molecule has 0 saturated carbocycles. The van der Waals surface area contributed by atoms with E-state index in [-0.39, 0.29) is 5.82 Å². The van der Waals surface area contributed by atoms with Gasteiger partial charge >= 0.3 is 0 Å². The lowest BCUT2D eigenvalue weighted by Crippen LogP contribution is -1.90. The van der Waals surface area contributed by atoms with Crippen LogP contribution >= 0.6 is 0 Å². The van der Waals surface area contributed by atoms with Crippen molar-refractivity contribution in [3.8, 4) is 5.75 Å². The molecule has 2 rings (SSSR count). The molecule has 0 aliphatic carbocycles. The van der Waals surface area contributed by atoms with Crippen molar-refractivity contribution in [2.24, 2.45) is 7.05 Å². The van der Waals surface area contributed by atoms with Gasteiger partial charge in [-0.3, -0.25) is 0 Å². The van der Waals surface area contributed by atoms with Gasteiger partial charge in [-0.25, -0.2) is 4.39 Å². The maximum Gasteiger partial charge on any atom is 0.151 e. The Kier molecular flexibility index (Phi) is 3.72. The van der Waals surface area contributed by atoms with Gasteiger partial charge in [0.2, 0.25) is 0 Å². The lowest BCUT2D eigenvalue weighted by atomic mass is 10.2. The Bertz CT molecular complexity index is 448. The first-order chi connectivity index (χ1) is 7.22. The molecule has 0 N–H and O–H groups in total. The van der Waals surface area contributed by atoms with Crippen molar-refractivity contribution in [3.05, 3.63) is 30.2 Å². The van der Waals surface area contributed by atoms with Crippen molar-refractivity contribution in [2.45, 2.75) is 13.8 Å². The van der Waals surface area contributed by atoms with Crippen LogP contribution in [0.2, 0.25) is 0 Å². The second-order valence-electron chi connectivity index (χ2n) is 2.97. The van der Waals surface area contributed by atoms with Gasteiger partial charge in [-0.2, -0.15) is 0 Å². The van der Waals surface area contributed by atoms with Crippen molar-refractivity contribution in [2.75, 3.05) is 7.11 Å². The maximum atomic E-state index is 13.4. The molecule has 0 aliphatic heterocycles. The molecule has 2 nitrogen and oxygen atoms in total. The highest BCUT2D eigenvalue weighted by Crippen LogP contribution is 2.24. The smallest absolute Gasteiger partial charge is 0.151 e. The number of aryl methyl sites for hydroxylation is 1. The average molecular weight is 209 g/mol. The SMILES string of the molecule is CC.COc1cc(F)c2c(ccn2C)c1. The second kappa shape index (κ2) is 4.82. The van der Waals surface area contributed by atoms with Crippen LogP contribution < -0.4 is 4.74 Å². The Morgan fingerprint density at radius 3 is 2.53 bits per heavy atom. The molecular weight excluding hydrogens is 193 g/mol. The van der Waals surface area contributed by atoms with Crippen LogP contribution in [0.15, 0.2) is 24.4 Å². The Balaban J connectivity index is 0.000000531. The highest BCUT2D eigenvalue weighted by molar-refractivity contribution is 5.82. The topological polar surface area (TPSA) is 14.2 Å². The molecule has 0 aliphatic rings. The summed E-state index contributed by atoms with van der Waals surface area (Å²) in [6, 6.07) is 5.07. The molecule has 0 spiro atoms. The molecular formula is C12H16FNO. The van der Waals surface area contributed by atoms with Crippen LogP contribution in [-0.2, 0) is 7.05 Å². The minimum atomic E-state index is -0.248. The maximum absolute atomic E-state index is 13.4. The van der Waals surface area contributed by atoms with Crippen molar-refractivity contribution in [1.29, 1.82) is 0 Å². The Hall–Kier alpha value is -1.51. The third-order valence-electron chi connectivity index (χ3n) is 2.13. The summed E-state index contributed by atoms with van der Waals surface area (Å²) in [7, 11) is 3.35. The van der Waals surface area contributed by atoms with Gasteiger partial charge in [0.05, 0.1) is 12.6 Å². The first-order valence-corrected chi connectivity index (χ1v) is 5.01. The number of aromatic nitrogens is 1. The minimum Gasteiger partial charge on any atom is -0.497 e. The summed E-state index contributed by atoms with van der Waals surface area (Å²) in [5.41, 5.74) is 0.612. The normalized spacial score (nSPS) is 9.67. The zero-order chi connectivity index (χ0) is 11.4.